The number of aliphatic carboxylic acids is 1. The molecular formula is C18H17Cl2IN2O4. The SMILES string of the molecule is CCOc1cc(/C=N/NCc2c(Cl)cccc2Cl)cc(I)c1OCC(=O)O. The average Bonchev–Trinajstić information content (AvgIpc) is 2.60. The fourth-order valence-electron chi connectivity index (χ4n) is 2.15. The second-order valence-electron chi connectivity index (χ2n) is 5.24. The molecule has 0 unspecified atom stereocenters. The van der Waals surface area contributed by atoms with E-state index in [1.54, 1.807) is 30.5 Å². The predicted molar refractivity (Wildman–Crippen MR) is 114 cm³/mol. The summed E-state index contributed by atoms with van der Waals surface area (Å²) >= 11 is 14.3. The Morgan fingerprint density at radius 2 is 2.00 bits per heavy atom. The maximum absolute atomic E-state index is 10.7. The van der Waals surface area contributed by atoms with Gasteiger partial charge in [-0.05, 0) is 59.3 Å². The van der Waals surface area contributed by atoms with Crippen molar-refractivity contribution in [3.63, 3.8) is 0 Å². The maximum Gasteiger partial charge on any atom is 0.341 e. The van der Waals surface area contributed by atoms with Crippen molar-refractivity contribution in [3.05, 3.63) is 55.1 Å². The lowest BCUT2D eigenvalue weighted by molar-refractivity contribution is -0.139. The van der Waals surface area contributed by atoms with Gasteiger partial charge < -0.3 is 20.0 Å². The molecule has 144 valence electrons. The summed E-state index contributed by atoms with van der Waals surface area (Å²) in [6.45, 7) is 2.20. The molecule has 0 aliphatic carbocycles. The van der Waals surface area contributed by atoms with Crippen molar-refractivity contribution in [2.24, 2.45) is 5.10 Å². The molecule has 0 fully saturated rings. The third-order valence-corrected chi connectivity index (χ3v) is 4.80. The Bertz CT molecular complexity index is 826. The Balaban J connectivity index is 2.11. The van der Waals surface area contributed by atoms with E-state index in [0.29, 0.717) is 34.7 Å². The molecule has 0 amide bonds. The van der Waals surface area contributed by atoms with Crippen molar-refractivity contribution < 1.29 is 19.4 Å². The highest BCUT2D eigenvalue weighted by Gasteiger charge is 2.13. The monoisotopic (exact) mass is 522 g/mol. The normalized spacial score (nSPS) is 10.8. The van der Waals surface area contributed by atoms with E-state index in [9.17, 15) is 4.79 Å². The first-order valence-corrected chi connectivity index (χ1v) is 9.75. The van der Waals surface area contributed by atoms with Crippen molar-refractivity contribution in [2.45, 2.75) is 13.5 Å². The summed E-state index contributed by atoms with van der Waals surface area (Å²) < 4.78 is 11.6. The zero-order valence-electron chi connectivity index (χ0n) is 14.3. The Morgan fingerprint density at radius 1 is 1.30 bits per heavy atom. The zero-order chi connectivity index (χ0) is 19.8. The van der Waals surface area contributed by atoms with Gasteiger partial charge in [0.25, 0.3) is 0 Å². The fraction of sp³-hybridized carbons (Fsp3) is 0.222. The number of carboxylic acids is 1. The predicted octanol–water partition coefficient (Wildman–Crippen LogP) is 4.58. The van der Waals surface area contributed by atoms with Gasteiger partial charge in [-0.3, -0.25) is 0 Å². The lowest BCUT2D eigenvalue weighted by Gasteiger charge is -2.13. The van der Waals surface area contributed by atoms with Crippen molar-refractivity contribution >= 4 is 58.0 Å². The Hall–Kier alpha value is -1.71. The van der Waals surface area contributed by atoms with Gasteiger partial charge in [0.05, 0.1) is 22.9 Å². The topological polar surface area (TPSA) is 80.1 Å². The second-order valence-corrected chi connectivity index (χ2v) is 7.22. The fourth-order valence-corrected chi connectivity index (χ4v) is 3.46. The third kappa shape index (κ3) is 6.44. The molecule has 0 aliphatic heterocycles. The van der Waals surface area contributed by atoms with Crippen molar-refractivity contribution in [3.8, 4) is 11.5 Å². The molecule has 0 aromatic heterocycles. The standard InChI is InChI=1S/C18H17Cl2IN2O4/c1-2-26-16-7-11(6-15(21)18(16)27-10-17(24)25)8-22-23-9-12-13(19)4-3-5-14(12)20/h3-8,23H,2,9-10H2,1H3,(H,24,25)/b22-8+. The van der Waals surface area contributed by atoms with Gasteiger partial charge in [0.2, 0.25) is 0 Å². The molecule has 0 saturated carbocycles. The summed E-state index contributed by atoms with van der Waals surface area (Å²) in [7, 11) is 0. The molecule has 2 N–H and O–H groups in total. The largest absolute Gasteiger partial charge is 0.490 e. The number of hydrogen-bond donors (Lipinski definition) is 2. The van der Waals surface area contributed by atoms with Crippen LogP contribution in [0.1, 0.15) is 18.1 Å². The van der Waals surface area contributed by atoms with Crippen LogP contribution in [-0.2, 0) is 11.3 Å². The number of nitrogens with zero attached hydrogens (tertiary/aromatic N) is 1. The number of hydrogen-bond acceptors (Lipinski definition) is 5. The molecule has 2 rings (SSSR count). The van der Waals surface area contributed by atoms with E-state index in [1.807, 2.05) is 13.0 Å². The molecular weight excluding hydrogens is 506 g/mol. The molecule has 9 heteroatoms. The van der Waals surface area contributed by atoms with Gasteiger partial charge >= 0.3 is 5.97 Å². The van der Waals surface area contributed by atoms with Gasteiger partial charge in [0.1, 0.15) is 0 Å². The number of nitrogens with one attached hydrogen (secondary N) is 1. The minimum Gasteiger partial charge on any atom is -0.490 e. The highest BCUT2D eigenvalue weighted by molar-refractivity contribution is 14.1. The number of halogens is 3. The second kappa shape index (κ2) is 10.6. The molecule has 0 aliphatic rings. The first-order valence-electron chi connectivity index (χ1n) is 7.92. The van der Waals surface area contributed by atoms with Gasteiger partial charge in [-0.15, -0.1) is 0 Å². The molecule has 0 bridgehead atoms. The van der Waals surface area contributed by atoms with Crippen molar-refractivity contribution in [2.75, 3.05) is 13.2 Å². The van der Waals surface area contributed by atoms with E-state index < -0.39 is 12.6 Å². The molecule has 2 aromatic rings. The van der Waals surface area contributed by atoms with Crippen molar-refractivity contribution in [1.82, 2.24) is 5.43 Å². The van der Waals surface area contributed by atoms with Crippen LogP contribution in [0.25, 0.3) is 0 Å². The molecule has 0 saturated heterocycles. The van der Waals surface area contributed by atoms with E-state index in [2.05, 4.69) is 33.1 Å². The highest BCUT2D eigenvalue weighted by atomic mass is 127. The minimum atomic E-state index is -1.05. The number of benzene rings is 2. The van der Waals surface area contributed by atoms with Crippen molar-refractivity contribution in [1.29, 1.82) is 0 Å². The van der Waals surface area contributed by atoms with Gasteiger partial charge in [0, 0.05) is 15.6 Å². The van der Waals surface area contributed by atoms with Crippen LogP contribution in [-0.4, -0.2) is 30.5 Å². The first-order chi connectivity index (χ1) is 12.9. The van der Waals surface area contributed by atoms with Gasteiger partial charge in [0.15, 0.2) is 18.1 Å². The smallest absolute Gasteiger partial charge is 0.341 e. The quantitative estimate of drug-likeness (QED) is 0.286. The summed E-state index contributed by atoms with van der Waals surface area (Å²) in [6, 6.07) is 8.86. The lowest BCUT2D eigenvalue weighted by atomic mass is 10.2. The van der Waals surface area contributed by atoms with Gasteiger partial charge in [-0.2, -0.15) is 5.10 Å². The maximum atomic E-state index is 10.7. The van der Waals surface area contributed by atoms with Crippen LogP contribution in [0.15, 0.2) is 35.4 Å². The molecule has 0 heterocycles. The summed E-state index contributed by atoms with van der Waals surface area (Å²) in [6.07, 6.45) is 1.62. The van der Waals surface area contributed by atoms with E-state index >= 15 is 0 Å². The number of hydrazone groups is 1. The average molecular weight is 523 g/mol. The summed E-state index contributed by atoms with van der Waals surface area (Å²) in [5.74, 6) is -0.199. The third-order valence-electron chi connectivity index (χ3n) is 3.29. The van der Waals surface area contributed by atoms with Crippen LogP contribution in [0.3, 0.4) is 0 Å². The Kier molecular flexibility index (Phi) is 8.46. The van der Waals surface area contributed by atoms with E-state index in [-0.39, 0.29) is 0 Å². The summed E-state index contributed by atoms with van der Waals surface area (Å²) in [4.78, 5) is 10.7. The number of ether oxygens (including phenoxy) is 2. The van der Waals surface area contributed by atoms with Crippen LogP contribution < -0.4 is 14.9 Å². The van der Waals surface area contributed by atoms with E-state index in [4.69, 9.17) is 37.8 Å². The zero-order valence-corrected chi connectivity index (χ0v) is 18.0. The molecule has 0 radical (unpaired) electrons. The Labute approximate surface area is 180 Å². The van der Waals surface area contributed by atoms with E-state index in [1.165, 1.54) is 0 Å². The lowest BCUT2D eigenvalue weighted by Crippen LogP contribution is -2.11. The molecule has 6 nitrogen and oxygen atoms in total. The van der Waals surface area contributed by atoms with Crippen LogP contribution in [0, 0.1) is 3.57 Å². The van der Waals surface area contributed by atoms with Crippen LogP contribution in [0.2, 0.25) is 10.0 Å². The number of rotatable bonds is 9. The molecule has 2 aromatic carbocycles. The van der Waals surface area contributed by atoms with Crippen LogP contribution >= 0.6 is 45.8 Å². The minimum absolute atomic E-state index is 0.379. The first kappa shape index (κ1) is 21.6. The van der Waals surface area contributed by atoms with E-state index in [0.717, 1.165) is 14.7 Å². The summed E-state index contributed by atoms with van der Waals surface area (Å²) in [5.41, 5.74) is 4.44. The van der Waals surface area contributed by atoms with Gasteiger partial charge in [-0.1, -0.05) is 29.3 Å². The molecule has 0 spiro atoms. The summed E-state index contributed by atoms with van der Waals surface area (Å²) in [5, 5.41) is 14.1. The number of carbonyl (C=O) groups is 1. The molecule has 0 atom stereocenters. The molecule has 27 heavy (non-hydrogen) atoms. The van der Waals surface area contributed by atoms with Gasteiger partial charge in [-0.25, -0.2) is 4.79 Å². The van der Waals surface area contributed by atoms with Crippen LogP contribution in [0.5, 0.6) is 11.5 Å². The number of carboxylic acid groups (broad SMARTS) is 1. The van der Waals surface area contributed by atoms with Crippen LogP contribution in [0.4, 0.5) is 0 Å². The highest BCUT2D eigenvalue weighted by Crippen LogP contribution is 2.34. The Morgan fingerprint density at radius 3 is 2.63 bits per heavy atom.